The second kappa shape index (κ2) is 6.73. The minimum atomic E-state index is -1.77. The molecule has 6 rings (SSSR count). The van der Waals surface area contributed by atoms with Crippen molar-refractivity contribution in [3.63, 3.8) is 0 Å². The number of carboxylic acids is 1. The highest BCUT2D eigenvalue weighted by Gasteiger charge is 2.68. The van der Waals surface area contributed by atoms with Crippen molar-refractivity contribution in [1.82, 2.24) is 19.7 Å². The molecular formula is C25H30N4O4. The fraction of sp³-hybridized carbons (Fsp3) is 0.600. The molecule has 2 aromatic rings. The van der Waals surface area contributed by atoms with E-state index in [1.54, 1.807) is 18.6 Å². The third-order valence-electron chi connectivity index (χ3n) is 9.70. The van der Waals surface area contributed by atoms with Gasteiger partial charge in [-0.1, -0.05) is 19.4 Å². The van der Waals surface area contributed by atoms with Gasteiger partial charge in [0.25, 0.3) is 0 Å². The molecular weight excluding hydrogens is 420 g/mol. The Morgan fingerprint density at radius 2 is 2.03 bits per heavy atom. The summed E-state index contributed by atoms with van der Waals surface area (Å²) in [5.41, 5.74) is 0.665. The second-order valence-electron chi connectivity index (χ2n) is 11.0. The Balaban J connectivity index is 1.39. The summed E-state index contributed by atoms with van der Waals surface area (Å²) in [6.45, 7) is 4.14. The van der Waals surface area contributed by atoms with Crippen LogP contribution >= 0.6 is 0 Å². The number of aliphatic carboxylic acids is 1. The van der Waals surface area contributed by atoms with Gasteiger partial charge in [-0.15, -0.1) is 0 Å². The topological polar surface area (TPSA) is 121 Å². The highest BCUT2D eigenvalue weighted by atomic mass is 16.4. The first-order valence-electron chi connectivity index (χ1n) is 11.9. The van der Waals surface area contributed by atoms with Crippen LogP contribution in [0.25, 0.3) is 11.9 Å². The number of nitrogens with zero attached hydrogens (tertiary/aromatic N) is 4. The molecule has 0 radical (unpaired) electrons. The van der Waals surface area contributed by atoms with Crippen LogP contribution in [-0.4, -0.2) is 52.7 Å². The van der Waals surface area contributed by atoms with Crippen molar-refractivity contribution in [2.45, 2.75) is 64.1 Å². The van der Waals surface area contributed by atoms with Crippen molar-refractivity contribution in [1.29, 1.82) is 0 Å². The maximum absolute atomic E-state index is 12.0. The summed E-state index contributed by atoms with van der Waals surface area (Å²) in [5, 5.41) is 37.1. The summed E-state index contributed by atoms with van der Waals surface area (Å²) in [4.78, 5) is 20.6. The van der Waals surface area contributed by atoms with Gasteiger partial charge in [-0.25, -0.2) is 14.5 Å². The molecule has 8 nitrogen and oxygen atoms in total. The minimum absolute atomic E-state index is 0.0275. The van der Waals surface area contributed by atoms with E-state index in [4.69, 9.17) is 0 Å². The number of carbonyl (C=O) groups is 1. The third kappa shape index (κ3) is 2.59. The van der Waals surface area contributed by atoms with E-state index in [2.05, 4.69) is 28.1 Å². The smallest absolute Gasteiger partial charge is 0.336 e. The summed E-state index contributed by atoms with van der Waals surface area (Å²) >= 11 is 0. The van der Waals surface area contributed by atoms with Crippen molar-refractivity contribution in [2.24, 2.45) is 28.6 Å². The van der Waals surface area contributed by atoms with Crippen LogP contribution in [0.1, 0.15) is 57.2 Å². The second-order valence-corrected chi connectivity index (χ2v) is 11.0. The van der Waals surface area contributed by atoms with E-state index in [0.29, 0.717) is 18.7 Å². The number of carboxylic acid groups (broad SMARTS) is 1. The number of aromatic nitrogens is 4. The summed E-state index contributed by atoms with van der Waals surface area (Å²) in [6.07, 6.45) is 12.3. The predicted molar refractivity (Wildman–Crippen MR) is 119 cm³/mol. The van der Waals surface area contributed by atoms with Gasteiger partial charge in [-0.05, 0) is 73.3 Å². The fourth-order valence-corrected chi connectivity index (χ4v) is 8.12. The Bertz CT molecular complexity index is 1160. The molecule has 0 aromatic carbocycles. The van der Waals surface area contributed by atoms with Crippen LogP contribution in [0.5, 0.6) is 0 Å². The first-order chi connectivity index (χ1) is 15.7. The SMILES string of the molecule is CC12Cc3cnn(-c4cnccn4)c3C=C1CCC1C2C(O)CC2(C)C1CCC2(O)C(=O)O. The van der Waals surface area contributed by atoms with Gasteiger partial charge in [-0.3, -0.25) is 4.98 Å². The molecule has 4 aliphatic rings. The Kier molecular flexibility index (Phi) is 4.28. The zero-order valence-electron chi connectivity index (χ0n) is 19.0. The largest absolute Gasteiger partial charge is 0.479 e. The number of fused-ring (bicyclic) bond motifs is 6. The Morgan fingerprint density at radius 1 is 1.21 bits per heavy atom. The number of hydrogen-bond donors (Lipinski definition) is 3. The number of allylic oxidation sites excluding steroid dienone is 1. The maximum atomic E-state index is 12.0. The lowest BCUT2D eigenvalue weighted by Gasteiger charge is -2.60. The van der Waals surface area contributed by atoms with Gasteiger partial charge < -0.3 is 15.3 Å². The molecule has 0 amide bonds. The van der Waals surface area contributed by atoms with Crippen LogP contribution in [0.4, 0.5) is 0 Å². The molecule has 4 aliphatic carbocycles. The normalized spacial score (nSPS) is 41.4. The van der Waals surface area contributed by atoms with E-state index in [1.165, 1.54) is 5.57 Å². The van der Waals surface area contributed by atoms with E-state index in [0.717, 1.165) is 30.5 Å². The van der Waals surface area contributed by atoms with Crippen molar-refractivity contribution >= 4 is 12.0 Å². The van der Waals surface area contributed by atoms with Crippen molar-refractivity contribution in [3.05, 3.63) is 41.6 Å². The summed E-state index contributed by atoms with van der Waals surface area (Å²) < 4.78 is 1.83. The Morgan fingerprint density at radius 3 is 2.76 bits per heavy atom. The number of aliphatic hydroxyl groups is 2. The maximum Gasteiger partial charge on any atom is 0.336 e. The first kappa shape index (κ1) is 21.0. The molecule has 0 saturated heterocycles. The van der Waals surface area contributed by atoms with E-state index < -0.39 is 23.1 Å². The summed E-state index contributed by atoms with van der Waals surface area (Å²) in [5.74, 6) is -0.167. The molecule has 0 spiro atoms. The fourth-order valence-electron chi connectivity index (χ4n) is 8.12. The molecule has 3 fully saturated rings. The van der Waals surface area contributed by atoms with E-state index >= 15 is 0 Å². The lowest BCUT2D eigenvalue weighted by atomic mass is 9.45. The zero-order valence-corrected chi connectivity index (χ0v) is 19.0. The molecule has 2 aromatic heterocycles. The predicted octanol–water partition coefficient (Wildman–Crippen LogP) is 2.63. The van der Waals surface area contributed by atoms with Crippen LogP contribution in [-0.2, 0) is 11.2 Å². The molecule has 0 aliphatic heterocycles. The van der Waals surface area contributed by atoms with Crippen molar-refractivity contribution < 1.29 is 20.1 Å². The van der Waals surface area contributed by atoms with E-state index in [-0.39, 0.29) is 29.6 Å². The Labute approximate surface area is 192 Å². The molecule has 0 bridgehead atoms. The lowest BCUT2D eigenvalue weighted by Crippen LogP contribution is -2.61. The highest BCUT2D eigenvalue weighted by Crippen LogP contribution is 2.67. The standard InChI is InChI=1S/C25H30N4O4/c1-23-10-14-12-28-29(20-13-26-7-8-27-20)18(14)9-15(23)3-4-16-17-5-6-25(33,22(31)32)24(17,2)11-19(30)21(16)23/h7-9,12-13,16-17,19,21,30,33H,3-6,10-11H2,1-2H3,(H,31,32). The Hall–Kier alpha value is -2.58. The van der Waals surface area contributed by atoms with E-state index in [9.17, 15) is 20.1 Å². The number of rotatable bonds is 2. The van der Waals surface area contributed by atoms with Crippen LogP contribution in [0.2, 0.25) is 0 Å². The quantitative estimate of drug-likeness (QED) is 0.643. The summed E-state index contributed by atoms with van der Waals surface area (Å²) in [6, 6.07) is 0. The van der Waals surface area contributed by atoms with Gasteiger partial charge in [-0.2, -0.15) is 5.10 Å². The first-order valence-corrected chi connectivity index (χ1v) is 11.9. The number of hydrogen-bond acceptors (Lipinski definition) is 6. The van der Waals surface area contributed by atoms with Gasteiger partial charge in [0.15, 0.2) is 11.4 Å². The van der Waals surface area contributed by atoms with Crippen LogP contribution < -0.4 is 0 Å². The van der Waals surface area contributed by atoms with Crippen molar-refractivity contribution in [2.75, 3.05) is 0 Å². The van der Waals surface area contributed by atoms with E-state index in [1.807, 2.05) is 17.8 Å². The van der Waals surface area contributed by atoms with Gasteiger partial charge in [0, 0.05) is 17.8 Å². The van der Waals surface area contributed by atoms with Crippen LogP contribution in [0, 0.1) is 28.6 Å². The van der Waals surface area contributed by atoms with Gasteiger partial charge in [0.05, 0.1) is 24.2 Å². The number of aliphatic hydroxyl groups excluding tert-OH is 1. The molecule has 2 heterocycles. The average molecular weight is 451 g/mol. The third-order valence-corrected chi connectivity index (χ3v) is 9.70. The van der Waals surface area contributed by atoms with Gasteiger partial charge in [0.2, 0.25) is 0 Å². The molecule has 33 heavy (non-hydrogen) atoms. The molecule has 174 valence electrons. The lowest BCUT2D eigenvalue weighted by molar-refractivity contribution is -0.193. The monoisotopic (exact) mass is 450 g/mol. The summed E-state index contributed by atoms with van der Waals surface area (Å²) in [7, 11) is 0. The van der Waals surface area contributed by atoms with Crippen LogP contribution in [0.15, 0.2) is 30.4 Å². The molecule has 3 N–H and O–H groups in total. The molecule has 7 atom stereocenters. The molecule has 3 saturated carbocycles. The zero-order chi connectivity index (χ0) is 23.2. The highest BCUT2D eigenvalue weighted by molar-refractivity contribution is 5.79. The minimum Gasteiger partial charge on any atom is -0.479 e. The molecule has 8 heteroatoms. The molecule has 7 unspecified atom stereocenters. The van der Waals surface area contributed by atoms with Gasteiger partial charge >= 0.3 is 5.97 Å². The average Bonchev–Trinajstić information content (AvgIpc) is 3.30. The van der Waals surface area contributed by atoms with Gasteiger partial charge in [0.1, 0.15) is 0 Å². The van der Waals surface area contributed by atoms with Crippen LogP contribution in [0.3, 0.4) is 0 Å². The van der Waals surface area contributed by atoms with Crippen molar-refractivity contribution in [3.8, 4) is 5.82 Å².